The number of aliphatic hydroxyl groups excluding tert-OH is 1. The quantitative estimate of drug-likeness (QED) is 0.343. The highest BCUT2D eigenvalue weighted by atomic mass is 35.5. The minimum absolute atomic E-state index is 0.0886. The standard InChI is InChI=1S/C32H36Cl2N4O3/c1-21(2)28-20-26(41-3)12-13-27(28)31-35-29(22-4-8-24(33)9-5-22)30(23-6-10-25(34)11-7-23)38(31)32(40)37-16-14-36(15-17-37)18-19-39/h4-13,20-21,29-30,39H,14-19H2,1-3H3. The molecule has 1 N–H and O–H groups in total. The van der Waals surface area contributed by atoms with Crippen molar-refractivity contribution < 1.29 is 14.6 Å². The molecule has 1 saturated heterocycles. The molecule has 3 aromatic rings. The summed E-state index contributed by atoms with van der Waals surface area (Å²) in [5, 5.41) is 10.7. The first-order valence-corrected chi connectivity index (χ1v) is 14.7. The number of nitrogens with zero attached hydrogens (tertiary/aromatic N) is 4. The van der Waals surface area contributed by atoms with E-state index in [4.69, 9.17) is 32.9 Å². The molecule has 2 unspecified atom stereocenters. The number of carbonyl (C=O) groups is 1. The van der Waals surface area contributed by atoms with E-state index in [2.05, 4.69) is 18.7 Å². The van der Waals surface area contributed by atoms with Gasteiger partial charge in [0.1, 0.15) is 17.6 Å². The second kappa shape index (κ2) is 12.8. The summed E-state index contributed by atoms with van der Waals surface area (Å²) in [7, 11) is 1.66. The van der Waals surface area contributed by atoms with Crippen molar-refractivity contribution in [2.24, 2.45) is 4.99 Å². The number of piperazine rings is 1. The van der Waals surface area contributed by atoms with Gasteiger partial charge < -0.3 is 14.7 Å². The van der Waals surface area contributed by atoms with Crippen LogP contribution in [0.2, 0.25) is 10.0 Å². The number of hydrogen-bond donors (Lipinski definition) is 1. The highest BCUT2D eigenvalue weighted by molar-refractivity contribution is 6.30. The Morgan fingerprint density at radius 3 is 2.12 bits per heavy atom. The zero-order chi connectivity index (χ0) is 29.1. The zero-order valence-corrected chi connectivity index (χ0v) is 25.1. The van der Waals surface area contributed by atoms with Crippen LogP contribution in [-0.2, 0) is 0 Å². The van der Waals surface area contributed by atoms with E-state index < -0.39 is 6.04 Å². The monoisotopic (exact) mass is 594 g/mol. The number of aliphatic imine (C=N–C) groups is 1. The lowest BCUT2D eigenvalue weighted by Gasteiger charge is -2.39. The van der Waals surface area contributed by atoms with Crippen molar-refractivity contribution in [3.8, 4) is 5.75 Å². The molecule has 3 aromatic carbocycles. The number of methoxy groups -OCH3 is 1. The zero-order valence-electron chi connectivity index (χ0n) is 23.6. The van der Waals surface area contributed by atoms with Crippen molar-refractivity contribution in [1.29, 1.82) is 0 Å². The Labute approximate surface area is 251 Å². The van der Waals surface area contributed by atoms with Gasteiger partial charge in [-0.25, -0.2) is 4.79 Å². The molecule has 0 saturated carbocycles. The summed E-state index contributed by atoms with van der Waals surface area (Å²) >= 11 is 12.6. The van der Waals surface area contributed by atoms with Gasteiger partial charge in [-0.05, 0) is 65.1 Å². The van der Waals surface area contributed by atoms with E-state index in [1.54, 1.807) is 7.11 Å². The predicted octanol–water partition coefficient (Wildman–Crippen LogP) is 6.40. The molecule has 41 heavy (non-hydrogen) atoms. The molecule has 7 nitrogen and oxygen atoms in total. The normalized spacial score (nSPS) is 19.5. The van der Waals surface area contributed by atoms with Crippen molar-refractivity contribution in [1.82, 2.24) is 14.7 Å². The number of aliphatic hydroxyl groups is 1. The molecule has 2 amide bonds. The van der Waals surface area contributed by atoms with E-state index in [-0.39, 0.29) is 24.6 Å². The number of benzene rings is 3. The lowest BCUT2D eigenvalue weighted by atomic mass is 9.93. The van der Waals surface area contributed by atoms with Crippen LogP contribution in [0.3, 0.4) is 0 Å². The number of β-amino-alcohol motifs (C(OH)–C–C–N with tert-alkyl or cyclic N) is 1. The van der Waals surface area contributed by atoms with Gasteiger partial charge in [-0.3, -0.25) is 14.8 Å². The van der Waals surface area contributed by atoms with Gasteiger partial charge in [0.15, 0.2) is 0 Å². The van der Waals surface area contributed by atoms with Crippen LogP contribution >= 0.6 is 23.2 Å². The summed E-state index contributed by atoms with van der Waals surface area (Å²) in [6, 6.07) is 20.5. The van der Waals surface area contributed by atoms with Crippen LogP contribution in [0.15, 0.2) is 71.7 Å². The van der Waals surface area contributed by atoms with Crippen molar-refractivity contribution in [3.05, 3.63) is 99.0 Å². The topological polar surface area (TPSA) is 68.6 Å². The van der Waals surface area contributed by atoms with Crippen LogP contribution in [0.25, 0.3) is 0 Å². The molecule has 216 valence electrons. The molecular formula is C32H36Cl2N4O3. The fraction of sp³-hybridized carbons (Fsp3) is 0.375. The van der Waals surface area contributed by atoms with Gasteiger partial charge in [0.05, 0.1) is 19.8 Å². The lowest BCUT2D eigenvalue weighted by molar-refractivity contribution is 0.108. The molecule has 0 aromatic heterocycles. The highest BCUT2D eigenvalue weighted by Crippen LogP contribution is 2.45. The van der Waals surface area contributed by atoms with E-state index in [0.29, 0.717) is 48.6 Å². The fourth-order valence-corrected chi connectivity index (χ4v) is 5.91. The lowest BCUT2D eigenvalue weighted by Crippen LogP contribution is -2.54. The van der Waals surface area contributed by atoms with Crippen molar-refractivity contribution in [3.63, 3.8) is 0 Å². The maximum Gasteiger partial charge on any atom is 0.326 e. The number of carbonyl (C=O) groups excluding carboxylic acids is 1. The summed E-state index contributed by atoms with van der Waals surface area (Å²) in [5.41, 5.74) is 3.87. The van der Waals surface area contributed by atoms with Gasteiger partial charge in [-0.2, -0.15) is 0 Å². The van der Waals surface area contributed by atoms with Gasteiger partial charge in [0.2, 0.25) is 0 Å². The second-order valence-electron chi connectivity index (χ2n) is 10.8. The first-order chi connectivity index (χ1) is 19.8. The van der Waals surface area contributed by atoms with Crippen molar-refractivity contribution in [2.45, 2.75) is 31.8 Å². The van der Waals surface area contributed by atoms with Crippen LogP contribution in [0.5, 0.6) is 5.75 Å². The molecule has 2 aliphatic rings. The Morgan fingerprint density at radius 1 is 0.951 bits per heavy atom. The van der Waals surface area contributed by atoms with Gasteiger partial charge >= 0.3 is 6.03 Å². The molecule has 2 aliphatic heterocycles. The smallest absolute Gasteiger partial charge is 0.326 e. The van der Waals surface area contributed by atoms with Crippen molar-refractivity contribution in [2.75, 3.05) is 46.4 Å². The number of amides is 2. The number of rotatable bonds is 7. The van der Waals surface area contributed by atoms with Gasteiger partial charge in [0, 0.05) is 48.3 Å². The number of urea groups is 1. The van der Waals surface area contributed by atoms with Crippen LogP contribution in [-0.4, -0.2) is 78.1 Å². The van der Waals surface area contributed by atoms with Crippen LogP contribution in [0.1, 0.15) is 54.1 Å². The number of halogens is 2. The highest BCUT2D eigenvalue weighted by Gasteiger charge is 2.44. The molecule has 0 spiro atoms. The Bertz CT molecular complexity index is 1390. The second-order valence-corrected chi connectivity index (χ2v) is 11.6. The molecule has 0 bridgehead atoms. The summed E-state index contributed by atoms with van der Waals surface area (Å²) in [6.45, 7) is 7.53. The maximum absolute atomic E-state index is 14.6. The minimum atomic E-state index is -0.395. The number of ether oxygens (including phenoxy) is 1. The molecule has 2 atom stereocenters. The summed E-state index contributed by atoms with van der Waals surface area (Å²) in [4.78, 5) is 25.8. The molecule has 9 heteroatoms. The summed E-state index contributed by atoms with van der Waals surface area (Å²) < 4.78 is 5.55. The van der Waals surface area contributed by atoms with E-state index in [1.165, 1.54) is 0 Å². The van der Waals surface area contributed by atoms with E-state index in [9.17, 15) is 9.90 Å². The average molecular weight is 596 g/mol. The Hall–Kier alpha value is -3.10. The fourth-order valence-electron chi connectivity index (χ4n) is 5.66. The molecule has 5 rings (SSSR count). The van der Waals surface area contributed by atoms with Crippen LogP contribution < -0.4 is 4.74 Å². The first-order valence-electron chi connectivity index (χ1n) is 14.0. The average Bonchev–Trinajstić information content (AvgIpc) is 3.38. The van der Waals surface area contributed by atoms with E-state index >= 15 is 0 Å². The molecule has 0 aliphatic carbocycles. The minimum Gasteiger partial charge on any atom is -0.497 e. The number of amidine groups is 1. The largest absolute Gasteiger partial charge is 0.497 e. The Kier molecular flexibility index (Phi) is 9.19. The van der Waals surface area contributed by atoms with Crippen LogP contribution in [0.4, 0.5) is 4.79 Å². The molecular weight excluding hydrogens is 559 g/mol. The van der Waals surface area contributed by atoms with Crippen molar-refractivity contribution >= 4 is 35.1 Å². The van der Waals surface area contributed by atoms with Gasteiger partial charge in [-0.1, -0.05) is 61.3 Å². The Morgan fingerprint density at radius 2 is 1.56 bits per heavy atom. The van der Waals surface area contributed by atoms with E-state index in [1.807, 2.05) is 76.5 Å². The first kappa shape index (κ1) is 29.4. The molecule has 2 heterocycles. The third-order valence-corrected chi connectivity index (χ3v) is 8.38. The Balaban J connectivity index is 1.65. The van der Waals surface area contributed by atoms with E-state index in [0.717, 1.165) is 28.0 Å². The van der Waals surface area contributed by atoms with Gasteiger partial charge in [0.25, 0.3) is 0 Å². The van der Waals surface area contributed by atoms with Crippen LogP contribution in [0, 0.1) is 0 Å². The molecule has 1 fully saturated rings. The SMILES string of the molecule is COc1ccc(C2=NC(c3ccc(Cl)cc3)C(c3ccc(Cl)cc3)N2C(=O)N2CCN(CCO)CC2)c(C(C)C)c1. The summed E-state index contributed by atoms with van der Waals surface area (Å²) in [5.74, 6) is 1.57. The van der Waals surface area contributed by atoms with Gasteiger partial charge in [-0.15, -0.1) is 0 Å². The maximum atomic E-state index is 14.6. The third kappa shape index (κ3) is 6.24. The number of hydrogen-bond acceptors (Lipinski definition) is 5. The molecule has 0 radical (unpaired) electrons. The third-order valence-electron chi connectivity index (χ3n) is 7.88. The summed E-state index contributed by atoms with van der Waals surface area (Å²) in [6.07, 6.45) is 0. The predicted molar refractivity (Wildman–Crippen MR) is 164 cm³/mol.